The lowest BCUT2D eigenvalue weighted by Gasteiger charge is -2.19. The lowest BCUT2D eigenvalue weighted by Crippen LogP contribution is -2.38. The molecule has 92 valence electrons. The van der Waals surface area contributed by atoms with Crippen molar-refractivity contribution >= 4 is 27.7 Å². The van der Waals surface area contributed by atoms with Crippen molar-refractivity contribution in [1.82, 2.24) is 9.88 Å². The number of hydrogen-bond acceptors (Lipinski definition) is 4. The van der Waals surface area contributed by atoms with Crippen LogP contribution < -0.4 is 5.73 Å². The molecule has 1 amide bonds. The van der Waals surface area contributed by atoms with E-state index in [2.05, 4.69) is 26.1 Å². The van der Waals surface area contributed by atoms with Gasteiger partial charge in [-0.15, -0.1) is 0 Å². The third kappa shape index (κ3) is 3.70. The molecule has 0 aliphatic heterocycles. The van der Waals surface area contributed by atoms with Gasteiger partial charge in [-0.3, -0.25) is 4.79 Å². The van der Waals surface area contributed by atoms with E-state index >= 15 is 0 Å². The highest BCUT2D eigenvalue weighted by molar-refractivity contribution is 9.10. The molecule has 0 atom stereocenters. The zero-order valence-electron chi connectivity index (χ0n) is 9.30. The molecule has 17 heavy (non-hydrogen) atoms. The SMILES string of the molecule is CCN(CC(N)=NO)C(=O)c1ccc(Br)cn1. The summed E-state index contributed by atoms with van der Waals surface area (Å²) in [6, 6.07) is 3.35. The molecule has 7 heteroatoms. The maximum absolute atomic E-state index is 12.0. The van der Waals surface area contributed by atoms with Gasteiger partial charge < -0.3 is 15.8 Å². The second kappa shape index (κ2) is 6.19. The molecule has 1 rings (SSSR count). The predicted octanol–water partition coefficient (Wildman–Crippen LogP) is 1.05. The molecule has 0 saturated heterocycles. The molecule has 3 N–H and O–H groups in total. The molecule has 0 aliphatic rings. The molecule has 0 spiro atoms. The number of rotatable bonds is 4. The van der Waals surface area contributed by atoms with Gasteiger partial charge in [0, 0.05) is 17.2 Å². The molecule has 1 aromatic heterocycles. The van der Waals surface area contributed by atoms with Crippen LogP contribution >= 0.6 is 15.9 Å². The van der Waals surface area contributed by atoms with Gasteiger partial charge in [-0.1, -0.05) is 5.16 Å². The number of amides is 1. The van der Waals surface area contributed by atoms with Crippen molar-refractivity contribution in [2.45, 2.75) is 6.92 Å². The molecular weight excluding hydrogens is 288 g/mol. The highest BCUT2D eigenvalue weighted by Crippen LogP contribution is 2.09. The Kier molecular flexibility index (Phi) is 4.89. The minimum absolute atomic E-state index is 0.0164. The Bertz CT molecular complexity index is 419. The number of amidine groups is 1. The first-order chi connectivity index (χ1) is 8.08. The van der Waals surface area contributed by atoms with Gasteiger partial charge in [0.2, 0.25) is 0 Å². The van der Waals surface area contributed by atoms with Crippen LogP contribution in [0.5, 0.6) is 0 Å². The quantitative estimate of drug-likeness (QED) is 0.376. The van der Waals surface area contributed by atoms with Gasteiger partial charge in [-0.2, -0.15) is 0 Å². The Morgan fingerprint density at radius 2 is 2.35 bits per heavy atom. The minimum Gasteiger partial charge on any atom is -0.409 e. The lowest BCUT2D eigenvalue weighted by molar-refractivity contribution is 0.0780. The summed E-state index contributed by atoms with van der Waals surface area (Å²) in [6.45, 7) is 2.33. The smallest absolute Gasteiger partial charge is 0.272 e. The maximum atomic E-state index is 12.0. The Labute approximate surface area is 107 Å². The molecule has 0 radical (unpaired) electrons. The summed E-state index contributed by atoms with van der Waals surface area (Å²) in [6.07, 6.45) is 1.55. The average Bonchev–Trinajstić information content (AvgIpc) is 2.35. The summed E-state index contributed by atoms with van der Waals surface area (Å²) in [5.74, 6) is -0.274. The van der Waals surface area contributed by atoms with E-state index in [4.69, 9.17) is 10.9 Å². The Morgan fingerprint density at radius 3 is 2.82 bits per heavy atom. The van der Waals surface area contributed by atoms with Gasteiger partial charge in [-0.05, 0) is 35.0 Å². The van der Waals surface area contributed by atoms with Crippen LogP contribution in [0.15, 0.2) is 28.0 Å². The van der Waals surface area contributed by atoms with Crippen molar-refractivity contribution in [3.63, 3.8) is 0 Å². The zero-order valence-corrected chi connectivity index (χ0v) is 10.9. The van der Waals surface area contributed by atoms with Crippen LogP contribution in [0.3, 0.4) is 0 Å². The van der Waals surface area contributed by atoms with E-state index in [0.29, 0.717) is 12.2 Å². The summed E-state index contributed by atoms with van der Waals surface area (Å²) in [4.78, 5) is 17.4. The van der Waals surface area contributed by atoms with Crippen LogP contribution in [0.2, 0.25) is 0 Å². The number of oxime groups is 1. The van der Waals surface area contributed by atoms with E-state index < -0.39 is 0 Å². The first-order valence-electron chi connectivity index (χ1n) is 4.95. The number of pyridine rings is 1. The number of aromatic nitrogens is 1. The van der Waals surface area contributed by atoms with Gasteiger partial charge in [0.05, 0.1) is 6.54 Å². The molecule has 1 heterocycles. The number of carbonyl (C=O) groups is 1. The topological polar surface area (TPSA) is 91.8 Å². The van der Waals surface area contributed by atoms with Gasteiger partial charge in [0.1, 0.15) is 5.69 Å². The lowest BCUT2D eigenvalue weighted by atomic mass is 10.3. The van der Waals surface area contributed by atoms with Crippen molar-refractivity contribution in [2.75, 3.05) is 13.1 Å². The fourth-order valence-electron chi connectivity index (χ4n) is 1.22. The highest BCUT2D eigenvalue weighted by Gasteiger charge is 2.16. The van der Waals surface area contributed by atoms with E-state index in [1.165, 1.54) is 4.90 Å². The summed E-state index contributed by atoms with van der Waals surface area (Å²) < 4.78 is 0.800. The van der Waals surface area contributed by atoms with Crippen molar-refractivity contribution in [2.24, 2.45) is 10.9 Å². The molecule has 1 aromatic rings. The van der Waals surface area contributed by atoms with Crippen molar-refractivity contribution in [3.05, 3.63) is 28.5 Å². The van der Waals surface area contributed by atoms with E-state index in [1.54, 1.807) is 25.3 Å². The van der Waals surface area contributed by atoms with Gasteiger partial charge in [-0.25, -0.2) is 4.98 Å². The first kappa shape index (κ1) is 13.4. The standard InChI is InChI=1S/C10H13BrN4O2/c1-2-15(6-9(12)14-17)10(16)8-4-3-7(11)5-13-8/h3-5,17H,2,6H2,1H3,(H2,12,14). The molecule has 0 aliphatic carbocycles. The van der Waals surface area contributed by atoms with Gasteiger partial charge in [0.15, 0.2) is 5.84 Å². The van der Waals surface area contributed by atoms with Crippen LogP contribution in [0.4, 0.5) is 0 Å². The Hall–Kier alpha value is -1.63. The summed E-state index contributed by atoms with van der Waals surface area (Å²) in [5, 5.41) is 11.3. The predicted molar refractivity (Wildman–Crippen MR) is 66.9 cm³/mol. The third-order valence-electron chi connectivity index (χ3n) is 2.10. The molecule has 6 nitrogen and oxygen atoms in total. The van der Waals surface area contributed by atoms with Crippen LogP contribution in [0, 0.1) is 0 Å². The van der Waals surface area contributed by atoms with Gasteiger partial charge in [0.25, 0.3) is 5.91 Å². The third-order valence-corrected chi connectivity index (χ3v) is 2.57. The first-order valence-corrected chi connectivity index (χ1v) is 5.75. The minimum atomic E-state index is -0.258. The molecule has 0 aromatic carbocycles. The fourth-order valence-corrected chi connectivity index (χ4v) is 1.45. The van der Waals surface area contributed by atoms with E-state index in [0.717, 1.165) is 4.47 Å². The average molecular weight is 301 g/mol. The number of halogens is 1. The summed E-state index contributed by atoms with van der Waals surface area (Å²) in [7, 11) is 0. The summed E-state index contributed by atoms with van der Waals surface area (Å²) in [5.41, 5.74) is 5.69. The van der Waals surface area contributed by atoms with E-state index in [9.17, 15) is 4.79 Å². The maximum Gasteiger partial charge on any atom is 0.272 e. The number of likely N-dealkylation sites (N-methyl/N-ethyl adjacent to an activating group) is 1. The van der Waals surface area contributed by atoms with Crippen LogP contribution in [0.25, 0.3) is 0 Å². The van der Waals surface area contributed by atoms with Crippen LogP contribution in [0.1, 0.15) is 17.4 Å². The number of hydrogen-bond donors (Lipinski definition) is 2. The second-order valence-corrected chi connectivity index (χ2v) is 4.19. The molecule has 0 saturated carbocycles. The fraction of sp³-hybridized carbons (Fsp3) is 0.300. The van der Waals surface area contributed by atoms with Crippen molar-refractivity contribution in [3.8, 4) is 0 Å². The number of nitrogens with zero attached hydrogens (tertiary/aromatic N) is 3. The largest absolute Gasteiger partial charge is 0.409 e. The van der Waals surface area contributed by atoms with Crippen molar-refractivity contribution < 1.29 is 10.0 Å². The van der Waals surface area contributed by atoms with Crippen LogP contribution in [-0.2, 0) is 0 Å². The van der Waals surface area contributed by atoms with Crippen molar-refractivity contribution in [1.29, 1.82) is 0 Å². The Morgan fingerprint density at radius 1 is 1.65 bits per heavy atom. The number of carbonyl (C=O) groups excluding carboxylic acids is 1. The summed E-state index contributed by atoms with van der Waals surface area (Å²) >= 11 is 3.24. The Balaban J connectivity index is 2.82. The zero-order chi connectivity index (χ0) is 12.8. The van der Waals surface area contributed by atoms with Gasteiger partial charge >= 0.3 is 0 Å². The second-order valence-electron chi connectivity index (χ2n) is 3.27. The monoisotopic (exact) mass is 300 g/mol. The number of nitrogens with two attached hydrogens (primary N) is 1. The van der Waals surface area contributed by atoms with Crippen LogP contribution in [-0.4, -0.2) is 39.9 Å². The highest BCUT2D eigenvalue weighted by atomic mass is 79.9. The molecule has 0 fully saturated rings. The molecule has 0 unspecified atom stereocenters. The molecule has 0 bridgehead atoms. The van der Waals surface area contributed by atoms with E-state index in [1.807, 2.05) is 0 Å². The van der Waals surface area contributed by atoms with E-state index in [-0.39, 0.29) is 18.3 Å². The normalized spacial score (nSPS) is 11.3. The molecular formula is C10H13BrN4O2.